The van der Waals surface area contributed by atoms with Crippen LogP contribution in [0.5, 0.6) is 0 Å². The number of carbonyl (C=O) groups is 1. The lowest BCUT2D eigenvalue weighted by atomic mass is 10.0. The zero-order valence-electron chi connectivity index (χ0n) is 8.41. The van der Waals surface area contributed by atoms with Gasteiger partial charge in [-0.2, -0.15) is 5.06 Å². The predicted octanol–water partition coefficient (Wildman–Crippen LogP) is 1.84. The second-order valence-electron chi connectivity index (χ2n) is 3.50. The molecule has 0 saturated carbocycles. The largest absolute Gasteiger partial charge is 0.272 e. The van der Waals surface area contributed by atoms with Gasteiger partial charge in [0.2, 0.25) is 0 Å². The molecule has 0 N–H and O–H groups in total. The zero-order chi connectivity index (χ0) is 10.1. The van der Waals surface area contributed by atoms with E-state index in [0.29, 0.717) is 6.42 Å². The van der Waals surface area contributed by atoms with Gasteiger partial charge in [0.05, 0.1) is 12.8 Å². The molecule has 1 aliphatic rings. The topological polar surface area (TPSA) is 29.5 Å². The van der Waals surface area contributed by atoms with Crippen LogP contribution in [-0.4, -0.2) is 13.0 Å². The van der Waals surface area contributed by atoms with E-state index in [2.05, 4.69) is 12.1 Å². The number of amides is 1. The molecule has 1 aromatic rings. The van der Waals surface area contributed by atoms with Crippen molar-refractivity contribution in [2.45, 2.75) is 19.8 Å². The molecule has 74 valence electrons. The van der Waals surface area contributed by atoms with Gasteiger partial charge in [0.1, 0.15) is 0 Å². The third-order valence-corrected chi connectivity index (χ3v) is 2.48. The van der Waals surface area contributed by atoms with E-state index in [1.807, 2.05) is 13.0 Å². The van der Waals surface area contributed by atoms with Gasteiger partial charge in [0.25, 0.3) is 5.91 Å². The first-order chi connectivity index (χ1) is 6.72. The van der Waals surface area contributed by atoms with Gasteiger partial charge in [0, 0.05) is 6.42 Å². The molecule has 3 nitrogen and oxygen atoms in total. The zero-order valence-corrected chi connectivity index (χ0v) is 8.41. The van der Waals surface area contributed by atoms with E-state index in [4.69, 9.17) is 4.84 Å². The Morgan fingerprint density at radius 2 is 2.14 bits per heavy atom. The molecule has 1 aromatic carbocycles. The number of hydrogen-bond donors (Lipinski definition) is 0. The van der Waals surface area contributed by atoms with Crippen LogP contribution in [0.1, 0.15) is 17.5 Å². The fourth-order valence-corrected chi connectivity index (χ4v) is 1.75. The maximum Gasteiger partial charge on any atom is 0.251 e. The first-order valence-electron chi connectivity index (χ1n) is 4.69. The van der Waals surface area contributed by atoms with Crippen molar-refractivity contribution in [2.75, 3.05) is 12.2 Å². The Labute approximate surface area is 83.2 Å². The van der Waals surface area contributed by atoms with Gasteiger partial charge in [-0.15, -0.1) is 0 Å². The fraction of sp³-hybridized carbons (Fsp3) is 0.364. The van der Waals surface area contributed by atoms with E-state index in [1.165, 1.54) is 17.7 Å². The summed E-state index contributed by atoms with van der Waals surface area (Å²) in [6.45, 7) is 2.01. The first-order valence-corrected chi connectivity index (χ1v) is 4.69. The van der Waals surface area contributed by atoms with Crippen LogP contribution in [0.4, 0.5) is 5.69 Å². The van der Waals surface area contributed by atoms with E-state index in [1.54, 1.807) is 0 Å². The van der Waals surface area contributed by atoms with Crippen LogP contribution in [-0.2, 0) is 16.1 Å². The summed E-state index contributed by atoms with van der Waals surface area (Å²) in [5.74, 6) is 0.0330. The molecule has 0 saturated heterocycles. The smallest absolute Gasteiger partial charge is 0.251 e. The average Bonchev–Trinajstić information content (AvgIpc) is 2.17. The molecule has 1 aliphatic heterocycles. The van der Waals surface area contributed by atoms with Crippen molar-refractivity contribution in [3.63, 3.8) is 0 Å². The molecule has 0 unspecified atom stereocenters. The number of aryl methyl sites for hydroxylation is 2. The SMILES string of the molecule is CON1C(=O)CCc2ccc(C)cc21. The molecule has 0 bridgehead atoms. The number of hydrogen-bond acceptors (Lipinski definition) is 2. The van der Waals surface area contributed by atoms with Crippen molar-refractivity contribution in [2.24, 2.45) is 0 Å². The highest BCUT2D eigenvalue weighted by molar-refractivity contribution is 5.94. The van der Waals surface area contributed by atoms with Gasteiger partial charge in [-0.1, -0.05) is 12.1 Å². The van der Waals surface area contributed by atoms with Gasteiger partial charge >= 0.3 is 0 Å². The Hall–Kier alpha value is -1.35. The van der Waals surface area contributed by atoms with E-state index < -0.39 is 0 Å². The summed E-state index contributed by atoms with van der Waals surface area (Å²) in [6.07, 6.45) is 1.35. The van der Waals surface area contributed by atoms with E-state index in [9.17, 15) is 4.79 Å². The molecule has 1 amide bonds. The van der Waals surface area contributed by atoms with Crippen molar-refractivity contribution in [1.82, 2.24) is 0 Å². The first kappa shape index (κ1) is 9.21. The third kappa shape index (κ3) is 1.40. The Kier molecular flexibility index (Phi) is 2.25. The average molecular weight is 191 g/mol. The lowest BCUT2D eigenvalue weighted by molar-refractivity contribution is -0.125. The molecule has 0 spiro atoms. The monoisotopic (exact) mass is 191 g/mol. The Morgan fingerprint density at radius 1 is 1.36 bits per heavy atom. The minimum absolute atomic E-state index is 0.0330. The van der Waals surface area contributed by atoms with Crippen LogP contribution in [0, 0.1) is 6.92 Å². The molecule has 0 atom stereocenters. The maximum atomic E-state index is 11.5. The fourth-order valence-electron chi connectivity index (χ4n) is 1.75. The quantitative estimate of drug-likeness (QED) is 0.677. The highest BCUT2D eigenvalue weighted by Crippen LogP contribution is 2.28. The number of nitrogens with zero attached hydrogens (tertiary/aromatic N) is 1. The number of anilines is 1. The maximum absolute atomic E-state index is 11.5. The summed E-state index contributed by atoms with van der Waals surface area (Å²) < 4.78 is 0. The number of benzene rings is 1. The molecule has 14 heavy (non-hydrogen) atoms. The summed E-state index contributed by atoms with van der Waals surface area (Å²) in [7, 11) is 1.52. The lowest BCUT2D eigenvalue weighted by Crippen LogP contribution is -2.34. The number of fused-ring (bicyclic) bond motifs is 1. The molecule has 2 rings (SSSR count). The number of rotatable bonds is 1. The molecular weight excluding hydrogens is 178 g/mol. The van der Waals surface area contributed by atoms with Crippen molar-refractivity contribution in [3.05, 3.63) is 29.3 Å². The van der Waals surface area contributed by atoms with E-state index in [0.717, 1.165) is 17.7 Å². The summed E-state index contributed by atoms with van der Waals surface area (Å²) in [4.78, 5) is 16.6. The molecule has 0 fully saturated rings. The second kappa shape index (κ2) is 3.42. The molecule has 3 heteroatoms. The summed E-state index contributed by atoms with van der Waals surface area (Å²) >= 11 is 0. The predicted molar refractivity (Wildman–Crippen MR) is 54.0 cm³/mol. The van der Waals surface area contributed by atoms with Gasteiger partial charge in [-0.05, 0) is 30.5 Å². The van der Waals surface area contributed by atoms with Crippen LogP contribution in [0.2, 0.25) is 0 Å². The van der Waals surface area contributed by atoms with Crippen molar-refractivity contribution < 1.29 is 9.63 Å². The van der Waals surface area contributed by atoms with Crippen LogP contribution in [0.25, 0.3) is 0 Å². The van der Waals surface area contributed by atoms with Crippen LogP contribution in [0.3, 0.4) is 0 Å². The minimum atomic E-state index is 0.0330. The summed E-state index contributed by atoms with van der Waals surface area (Å²) in [5, 5.41) is 1.38. The summed E-state index contributed by atoms with van der Waals surface area (Å²) in [6, 6.07) is 6.10. The van der Waals surface area contributed by atoms with Crippen molar-refractivity contribution in [1.29, 1.82) is 0 Å². The Balaban J connectivity index is 2.49. The van der Waals surface area contributed by atoms with Gasteiger partial charge in [-0.3, -0.25) is 9.63 Å². The lowest BCUT2D eigenvalue weighted by Gasteiger charge is -2.27. The number of carbonyl (C=O) groups excluding carboxylic acids is 1. The normalized spacial score (nSPS) is 15.6. The highest BCUT2D eigenvalue weighted by Gasteiger charge is 2.23. The standard InChI is InChI=1S/C11H13NO2/c1-8-3-4-9-5-6-11(13)12(14-2)10(9)7-8/h3-4,7H,5-6H2,1-2H3. The molecule has 0 aliphatic carbocycles. The van der Waals surface area contributed by atoms with Crippen molar-refractivity contribution in [3.8, 4) is 0 Å². The molecule has 0 aromatic heterocycles. The minimum Gasteiger partial charge on any atom is -0.272 e. The number of hydroxylamine groups is 1. The highest BCUT2D eigenvalue weighted by atomic mass is 16.7. The second-order valence-corrected chi connectivity index (χ2v) is 3.50. The van der Waals surface area contributed by atoms with Gasteiger partial charge < -0.3 is 0 Å². The van der Waals surface area contributed by atoms with Gasteiger partial charge in [0.15, 0.2) is 0 Å². The molecule has 1 heterocycles. The van der Waals surface area contributed by atoms with Crippen molar-refractivity contribution >= 4 is 11.6 Å². The van der Waals surface area contributed by atoms with Crippen LogP contribution in [0.15, 0.2) is 18.2 Å². The van der Waals surface area contributed by atoms with Gasteiger partial charge in [-0.25, -0.2) is 0 Å². The Bertz CT molecular complexity index is 374. The van der Waals surface area contributed by atoms with Crippen LogP contribution >= 0.6 is 0 Å². The summed E-state index contributed by atoms with van der Waals surface area (Å²) in [5.41, 5.74) is 3.21. The Morgan fingerprint density at radius 3 is 2.86 bits per heavy atom. The molecular formula is C11H13NO2. The van der Waals surface area contributed by atoms with E-state index in [-0.39, 0.29) is 5.91 Å². The van der Waals surface area contributed by atoms with Crippen LogP contribution < -0.4 is 5.06 Å². The molecule has 0 radical (unpaired) electrons. The third-order valence-electron chi connectivity index (χ3n) is 2.48. The van der Waals surface area contributed by atoms with E-state index >= 15 is 0 Å².